The van der Waals surface area contributed by atoms with Crippen molar-refractivity contribution in [1.82, 2.24) is 19.9 Å². The molecule has 0 aliphatic carbocycles. The molecule has 0 atom stereocenters. The first-order valence-corrected chi connectivity index (χ1v) is 15.2. The van der Waals surface area contributed by atoms with Gasteiger partial charge in [-0.25, -0.2) is 19.3 Å². The molecular formula is C26H36ClFN4OSi. The molecule has 0 amide bonds. The highest BCUT2D eigenvalue weighted by Gasteiger charge is 2.36. The zero-order valence-corrected chi connectivity index (χ0v) is 23.3. The summed E-state index contributed by atoms with van der Waals surface area (Å²) in [6, 6.07) is 3.35. The molecule has 0 unspecified atom stereocenters. The fraction of sp³-hybridized carbons (Fsp3) is 0.538. The predicted octanol–water partition coefficient (Wildman–Crippen LogP) is 7.66. The van der Waals surface area contributed by atoms with Crippen LogP contribution < -0.4 is 0 Å². The minimum atomic E-state index is -1.77. The highest BCUT2D eigenvalue weighted by molar-refractivity contribution is 6.74. The first-order valence-electron chi connectivity index (χ1n) is 11.9. The smallest absolute Gasteiger partial charge is 0.191 e. The Labute approximate surface area is 208 Å². The number of halogens is 2. The molecule has 3 aromatic heterocycles. The maximum atomic E-state index is 14.3. The number of fused-ring (bicyclic) bond motifs is 1. The predicted molar refractivity (Wildman–Crippen MR) is 140 cm³/mol. The highest BCUT2D eigenvalue weighted by atomic mass is 35.5. The van der Waals surface area contributed by atoms with E-state index in [4.69, 9.17) is 21.0 Å². The van der Waals surface area contributed by atoms with Crippen molar-refractivity contribution in [1.29, 1.82) is 0 Å². The third-order valence-corrected chi connectivity index (χ3v) is 11.5. The van der Waals surface area contributed by atoms with Gasteiger partial charge in [0.2, 0.25) is 0 Å². The average molecular weight is 503 g/mol. The van der Waals surface area contributed by atoms with Gasteiger partial charge in [-0.1, -0.05) is 46.2 Å². The van der Waals surface area contributed by atoms with Gasteiger partial charge in [0, 0.05) is 23.8 Å². The Morgan fingerprint density at radius 1 is 1.12 bits per heavy atom. The van der Waals surface area contributed by atoms with Crippen LogP contribution in [0.25, 0.3) is 22.4 Å². The molecule has 0 radical (unpaired) electrons. The van der Waals surface area contributed by atoms with Crippen LogP contribution >= 0.6 is 11.6 Å². The minimum absolute atomic E-state index is 0.183. The summed E-state index contributed by atoms with van der Waals surface area (Å²) in [7, 11) is -1.77. The maximum absolute atomic E-state index is 14.3. The number of unbranched alkanes of at least 4 members (excludes halogenated alkanes) is 1. The minimum Gasteiger partial charge on any atom is -0.417 e. The maximum Gasteiger partial charge on any atom is 0.191 e. The summed E-state index contributed by atoms with van der Waals surface area (Å²) < 4.78 is 20.6. The van der Waals surface area contributed by atoms with E-state index in [0.717, 1.165) is 35.4 Å². The number of aryl methyl sites for hydroxylation is 2. The van der Waals surface area contributed by atoms with Crippen LogP contribution in [0.3, 0.4) is 0 Å². The van der Waals surface area contributed by atoms with Crippen LogP contribution in [0, 0.1) is 12.7 Å². The van der Waals surface area contributed by atoms with Crippen LogP contribution in [0.15, 0.2) is 18.3 Å². The van der Waals surface area contributed by atoms with Crippen molar-refractivity contribution < 1.29 is 8.82 Å². The fourth-order valence-corrected chi connectivity index (χ4v) is 4.84. The fourth-order valence-electron chi connectivity index (χ4n) is 3.62. The van der Waals surface area contributed by atoms with Gasteiger partial charge in [-0.3, -0.25) is 4.98 Å². The van der Waals surface area contributed by atoms with Crippen LogP contribution in [0.4, 0.5) is 4.39 Å². The van der Waals surface area contributed by atoms with Gasteiger partial charge in [0.25, 0.3) is 0 Å². The highest BCUT2D eigenvalue weighted by Crippen LogP contribution is 2.36. The SMILES string of the molecule is Cc1ccnc(C(C)C)c1-c1nc(CCCCO[Si](C)(C)C(C)(C)C)c2cc(F)c(Cl)nc2n1. The lowest BCUT2D eigenvalue weighted by Gasteiger charge is -2.36. The molecule has 34 heavy (non-hydrogen) atoms. The summed E-state index contributed by atoms with van der Waals surface area (Å²) in [5.74, 6) is 0.202. The standard InChI is InChI=1S/C26H36ClFN4OSi/c1-16(2)22-21(17(3)12-13-29-22)25-30-20(18-15-19(28)23(27)31-24(18)32-25)11-9-10-14-33-34(7,8)26(4,5)6/h12-13,15-16H,9-11,14H2,1-8H3. The molecule has 3 heterocycles. The van der Waals surface area contributed by atoms with Gasteiger partial charge in [-0.05, 0) is 67.9 Å². The van der Waals surface area contributed by atoms with Crippen molar-refractivity contribution in [3.63, 3.8) is 0 Å². The van der Waals surface area contributed by atoms with E-state index >= 15 is 0 Å². The van der Waals surface area contributed by atoms with E-state index in [0.29, 0.717) is 29.9 Å². The van der Waals surface area contributed by atoms with E-state index in [2.05, 4.69) is 62.7 Å². The first kappa shape index (κ1) is 26.6. The lowest BCUT2D eigenvalue weighted by atomic mass is 9.99. The van der Waals surface area contributed by atoms with Crippen LogP contribution in [-0.4, -0.2) is 34.9 Å². The third kappa shape index (κ3) is 5.81. The Balaban J connectivity index is 1.93. The van der Waals surface area contributed by atoms with Crippen LogP contribution in [0.1, 0.15) is 70.3 Å². The normalized spacial score (nSPS) is 12.7. The van der Waals surface area contributed by atoms with Crippen LogP contribution in [0.5, 0.6) is 0 Å². The topological polar surface area (TPSA) is 60.8 Å². The van der Waals surface area contributed by atoms with E-state index in [1.165, 1.54) is 6.07 Å². The van der Waals surface area contributed by atoms with Crippen molar-refractivity contribution in [3.8, 4) is 11.4 Å². The summed E-state index contributed by atoms with van der Waals surface area (Å²) >= 11 is 6.00. The Morgan fingerprint density at radius 3 is 2.47 bits per heavy atom. The van der Waals surface area contributed by atoms with Gasteiger partial charge in [0.1, 0.15) is 0 Å². The number of hydrogen-bond acceptors (Lipinski definition) is 5. The summed E-state index contributed by atoms with van der Waals surface area (Å²) in [5.41, 5.74) is 4.06. The molecule has 0 N–H and O–H groups in total. The summed E-state index contributed by atoms with van der Waals surface area (Å²) in [6.07, 6.45) is 4.25. The molecule has 0 aromatic carbocycles. The number of hydrogen-bond donors (Lipinski definition) is 0. The molecule has 0 aliphatic heterocycles. The van der Waals surface area contributed by atoms with Crippen LogP contribution in [-0.2, 0) is 10.8 Å². The molecule has 3 aromatic rings. The van der Waals surface area contributed by atoms with E-state index < -0.39 is 14.1 Å². The second kappa shape index (κ2) is 10.3. The molecule has 0 fully saturated rings. The molecule has 0 bridgehead atoms. The zero-order chi connectivity index (χ0) is 25.3. The van der Waals surface area contributed by atoms with Gasteiger partial charge >= 0.3 is 0 Å². The summed E-state index contributed by atoms with van der Waals surface area (Å²) in [4.78, 5) is 18.4. The quantitative estimate of drug-likeness (QED) is 0.180. The molecule has 0 saturated carbocycles. The molecule has 3 rings (SSSR count). The van der Waals surface area contributed by atoms with E-state index in [-0.39, 0.29) is 16.1 Å². The zero-order valence-electron chi connectivity index (χ0n) is 21.6. The molecule has 184 valence electrons. The molecule has 8 heteroatoms. The largest absolute Gasteiger partial charge is 0.417 e. The Bertz CT molecular complexity index is 1180. The van der Waals surface area contributed by atoms with Crippen molar-refractivity contribution in [3.05, 3.63) is 46.3 Å². The first-order chi connectivity index (χ1) is 15.8. The average Bonchev–Trinajstić information content (AvgIpc) is 2.73. The molecule has 0 saturated heterocycles. The Hall–Kier alpha value is -1.96. The van der Waals surface area contributed by atoms with Crippen molar-refractivity contribution in [2.45, 2.75) is 84.9 Å². The third-order valence-electron chi connectivity index (χ3n) is 6.71. The van der Waals surface area contributed by atoms with Gasteiger partial charge in [0.05, 0.1) is 11.4 Å². The van der Waals surface area contributed by atoms with Crippen molar-refractivity contribution in [2.24, 2.45) is 0 Å². The Kier molecular flexibility index (Phi) is 8.10. The number of pyridine rings is 2. The molecule has 5 nitrogen and oxygen atoms in total. The van der Waals surface area contributed by atoms with Gasteiger partial charge < -0.3 is 4.43 Å². The number of rotatable bonds is 8. The van der Waals surface area contributed by atoms with E-state index in [1.807, 2.05) is 19.2 Å². The van der Waals surface area contributed by atoms with Gasteiger partial charge in [-0.2, -0.15) is 0 Å². The van der Waals surface area contributed by atoms with E-state index in [9.17, 15) is 4.39 Å². The van der Waals surface area contributed by atoms with Crippen LogP contribution in [0.2, 0.25) is 23.3 Å². The second-order valence-electron chi connectivity index (χ2n) is 10.7. The lowest BCUT2D eigenvalue weighted by Crippen LogP contribution is -2.40. The lowest BCUT2D eigenvalue weighted by molar-refractivity contribution is 0.279. The summed E-state index contributed by atoms with van der Waals surface area (Å²) in [6.45, 7) is 18.2. The van der Waals surface area contributed by atoms with Crippen molar-refractivity contribution >= 4 is 31.0 Å². The second-order valence-corrected chi connectivity index (χ2v) is 15.9. The van der Waals surface area contributed by atoms with Gasteiger partial charge in [0.15, 0.2) is 30.8 Å². The monoisotopic (exact) mass is 502 g/mol. The summed E-state index contributed by atoms with van der Waals surface area (Å²) in [5, 5.41) is 0.601. The number of aromatic nitrogens is 4. The molecule has 0 spiro atoms. The Morgan fingerprint density at radius 2 is 1.82 bits per heavy atom. The molecule has 0 aliphatic rings. The molecular weight excluding hydrogens is 467 g/mol. The number of nitrogens with zero attached hydrogens (tertiary/aromatic N) is 4. The van der Waals surface area contributed by atoms with E-state index in [1.54, 1.807) is 0 Å². The van der Waals surface area contributed by atoms with Gasteiger partial charge in [-0.15, -0.1) is 0 Å². The van der Waals surface area contributed by atoms with Crippen molar-refractivity contribution in [2.75, 3.05) is 6.61 Å².